The minimum Gasteiger partial charge on any atom is -0.338 e. The lowest BCUT2D eigenvalue weighted by Gasteiger charge is -2.03. The van der Waals surface area contributed by atoms with E-state index in [0.29, 0.717) is 0 Å². The zero-order valence-electron chi connectivity index (χ0n) is 9.07. The van der Waals surface area contributed by atoms with E-state index in [1.807, 2.05) is 19.4 Å². The minimum atomic E-state index is 0.807. The average molecular weight is 223 g/mol. The Morgan fingerprint density at radius 2 is 2.47 bits per heavy atom. The van der Waals surface area contributed by atoms with E-state index in [1.165, 1.54) is 0 Å². The third-order valence-corrected chi connectivity index (χ3v) is 2.92. The number of rotatable bonds is 7. The van der Waals surface area contributed by atoms with Gasteiger partial charge in [-0.2, -0.15) is 0 Å². The topological polar surface area (TPSA) is 29.9 Å². The molecule has 0 aliphatic carbocycles. The molecular formula is C11H17N3S. The van der Waals surface area contributed by atoms with Crippen molar-refractivity contribution in [3.05, 3.63) is 18.2 Å². The van der Waals surface area contributed by atoms with Gasteiger partial charge in [-0.1, -0.05) is 5.92 Å². The van der Waals surface area contributed by atoms with E-state index >= 15 is 0 Å². The van der Waals surface area contributed by atoms with Crippen LogP contribution in [0.3, 0.4) is 0 Å². The van der Waals surface area contributed by atoms with Crippen LogP contribution in [0, 0.1) is 12.3 Å². The zero-order valence-corrected chi connectivity index (χ0v) is 9.89. The predicted molar refractivity (Wildman–Crippen MR) is 65.9 cm³/mol. The van der Waals surface area contributed by atoms with Gasteiger partial charge in [-0.05, 0) is 0 Å². The summed E-state index contributed by atoms with van der Waals surface area (Å²) in [5, 5.41) is 3.37. The number of thioether (sulfide) groups is 1. The number of aromatic nitrogens is 2. The highest BCUT2D eigenvalue weighted by molar-refractivity contribution is 7.99. The third-order valence-electron chi connectivity index (χ3n) is 2.05. The molecule has 15 heavy (non-hydrogen) atoms. The smallest absolute Gasteiger partial charge is 0.109 e. The van der Waals surface area contributed by atoms with Gasteiger partial charge >= 0.3 is 0 Å². The zero-order chi connectivity index (χ0) is 10.9. The molecule has 1 aromatic rings. The number of nitrogens with one attached hydrogen (secondary N) is 1. The van der Waals surface area contributed by atoms with Crippen molar-refractivity contribution in [3.63, 3.8) is 0 Å². The highest BCUT2D eigenvalue weighted by atomic mass is 32.2. The molecule has 0 aliphatic rings. The lowest BCUT2D eigenvalue weighted by Crippen LogP contribution is -2.21. The summed E-state index contributed by atoms with van der Waals surface area (Å²) in [5.41, 5.74) is 0. The SMILES string of the molecule is C#CCSCCNCCc1nccn1C. The molecule has 0 saturated heterocycles. The van der Waals surface area contributed by atoms with E-state index in [2.05, 4.69) is 20.8 Å². The van der Waals surface area contributed by atoms with Gasteiger partial charge in [0.25, 0.3) is 0 Å². The normalized spacial score (nSPS) is 10.1. The molecule has 1 rings (SSSR count). The number of hydrogen-bond acceptors (Lipinski definition) is 3. The van der Waals surface area contributed by atoms with Crippen LogP contribution in [-0.4, -0.2) is 34.1 Å². The molecule has 82 valence electrons. The Morgan fingerprint density at radius 3 is 3.13 bits per heavy atom. The van der Waals surface area contributed by atoms with Crippen molar-refractivity contribution in [2.75, 3.05) is 24.6 Å². The summed E-state index contributed by atoms with van der Waals surface area (Å²) >= 11 is 1.78. The standard InChI is InChI=1S/C11H17N3S/c1-3-9-15-10-7-12-5-4-11-13-6-8-14(11)2/h1,6,8,12H,4-5,7,9-10H2,2H3. The van der Waals surface area contributed by atoms with E-state index in [9.17, 15) is 0 Å². The van der Waals surface area contributed by atoms with Crippen LogP contribution < -0.4 is 5.32 Å². The fourth-order valence-corrected chi connectivity index (χ4v) is 1.79. The lowest BCUT2D eigenvalue weighted by atomic mass is 10.4. The summed E-state index contributed by atoms with van der Waals surface area (Å²) in [6.45, 7) is 1.98. The number of nitrogens with zero attached hydrogens (tertiary/aromatic N) is 2. The van der Waals surface area contributed by atoms with Gasteiger partial charge in [0.15, 0.2) is 0 Å². The quantitative estimate of drug-likeness (QED) is 0.550. The Morgan fingerprint density at radius 1 is 1.60 bits per heavy atom. The molecule has 0 bridgehead atoms. The largest absolute Gasteiger partial charge is 0.338 e. The van der Waals surface area contributed by atoms with Crippen molar-refractivity contribution >= 4 is 11.8 Å². The van der Waals surface area contributed by atoms with Crippen molar-refractivity contribution in [3.8, 4) is 12.3 Å². The Kier molecular flexibility index (Phi) is 5.98. The summed E-state index contributed by atoms with van der Waals surface area (Å²) in [6.07, 6.45) is 9.93. The maximum atomic E-state index is 5.15. The second-order valence-electron chi connectivity index (χ2n) is 3.21. The minimum absolute atomic E-state index is 0.807. The maximum absolute atomic E-state index is 5.15. The summed E-state index contributed by atoms with van der Waals surface area (Å²) in [4.78, 5) is 4.25. The fraction of sp³-hybridized carbons (Fsp3) is 0.545. The van der Waals surface area contributed by atoms with Crippen molar-refractivity contribution in [1.82, 2.24) is 14.9 Å². The van der Waals surface area contributed by atoms with Crippen molar-refractivity contribution in [2.24, 2.45) is 7.05 Å². The second-order valence-corrected chi connectivity index (χ2v) is 4.32. The number of aryl methyl sites for hydroxylation is 1. The highest BCUT2D eigenvalue weighted by Gasteiger charge is 1.97. The molecule has 0 amide bonds. The van der Waals surface area contributed by atoms with Crippen LogP contribution in [-0.2, 0) is 13.5 Å². The van der Waals surface area contributed by atoms with Gasteiger partial charge in [-0.15, -0.1) is 18.2 Å². The molecule has 1 aromatic heterocycles. The molecular weight excluding hydrogens is 206 g/mol. The molecule has 0 aliphatic heterocycles. The number of imidazole rings is 1. The van der Waals surface area contributed by atoms with Gasteiger partial charge in [-0.3, -0.25) is 0 Å². The van der Waals surface area contributed by atoms with Gasteiger partial charge in [0, 0.05) is 44.7 Å². The molecule has 0 radical (unpaired) electrons. The molecule has 0 fully saturated rings. The molecule has 0 atom stereocenters. The first-order valence-electron chi connectivity index (χ1n) is 5.02. The number of terminal acetylenes is 1. The second kappa shape index (κ2) is 7.38. The van der Waals surface area contributed by atoms with Crippen LogP contribution in [0.25, 0.3) is 0 Å². The molecule has 0 unspecified atom stereocenters. The summed E-state index contributed by atoms with van der Waals surface area (Å²) in [5.74, 6) is 5.61. The van der Waals surface area contributed by atoms with Gasteiger partial charge in [0.05, 0.1) is 5.75 Å². The summed E-state index contributed by atoms with van der Waals surface area (Å²) in [6, 6.07) is 0. The van der Waals surface area contributed by atoms with E-state index in [4.69, 9.17) is 6.42 Å². The molecule has 0 spiro atoms. The number of hydrogen-bond donors (Lipinski definition) is 1. The highest BCUT2D eigenvalue weighted by Crippen LogP contribution is 1.96. The maximum Gasteiger partial charge on any atom is 0.109 e. The first kappa shape index (κ1) is 12.2. The van der Waals surface area contributed by atoms with E-state index < -0.39 is 0 Å². The van der Waals surface area contributed by atoms with Gasteiger partial charge in [0.1, 0.15) is 5.82 Å². The van der Waals surface area contributed by atoms with E-state index in [-0.39, 0.29) is 0 Å². The van der Waals surface area contributed by atoms with Crippen molar-refractivity contribution < 1.29 is 0 Å². The van der Waals surface area contributed by atoms with Crippen LogP contribution in [0.5, 0.6) is 0 Å². The first-order valence-corrected chi connectivity index (χ1v) is 6.18. The Hall–Kier alpha value is -0.920. The van der Waals surface area contributed by atoms with Crippen molar-refractivity contribution in [2.45, 2.75) is 6.42 Å². The molecule has 0 saturated carbocycles. The van der Waals surface area contributed by atoms with Crippen LogP contribution in [0.15, 0.2) is 12.4 Å². The summed E-state index contributed by atoms with van der Waals surface area (Å²) in [7, 11) is 2.02. The Labute approximate surface area is 95.7 Å². The summed E-state index contributed by atoms with van der Waals surface area (Å²) < 4.78 is 2.05. The fourth-order valence-electron chi connectivity index (χ4n) is 1.24. The molecule has 4 heteroatoms. The van der Waals surface area contributed by atoms with E-state index in [0.717, 1.165) is 36.8 Å². The predicted octanol–water partition coefficient (Wildman–Crippen LogP) is 0.919. The monoisotopic (exact) mass is 223 g/mol. The first-order chi connectivity index (χ1) is 7.34. The molecule has 0 aromatic carbocycles. The van der Waals surface area contributed by atoms with Gasteiger partial charge in [0.2, 0.25) is 0 Å². The van der Waals surface area contributed by atoms with Crippen molar-refractivity contribution in [1.29, 1.82) is 0 Å². The van der Waals surface area contributed by atoms with Crippen LogP contribution in [0.4, 0.5) is 0 Å². The Bertz CT molecular complexity index is 314. The average Bonchev–Trinajstić information content (AvgIpc) is 2.63. The van der Waals surface area contributed by atoms with Crippen LogP contribution in [0.2, 0.25) is 0 Å². The Balaban J connectivity index is 1.98. The van der Waals surface area contributed by atoms with Crippen LogP contribution in [0.1, 0.15) is 5.82 Å². The molecule has 1 heterocycles. The van der Waals surface area contributed by atoms with E-state index in [1.54, 1.807) is 11.8 Å². The third kappa shape index (κ3) is 4.91. The van der Waals surface area contributed by atoms with Gasteiger partial charge < -0.3 is 9.88 Å². The van der Waals surface area contributed by atoms with Gasteiger partial charge in [-0.25, -0.2) is 4.98 Å². The van der Waals surface area contributed by atoms with Crippen LogP contribution >= 0.6 is 11.8 Å². The molecule has 3 nitrogen and oxygen atoms in total. The lowest BCUT2D eigenvalue weighted by molar-refractivity contribution is 0.679. The molecule has 1 N–H and O–H groups in total.